The molecule has 0 atom stereocenters. The van der Waals surface area contributed by atoms with E-state index in [1.807, 2.05) is 0 Å². The van der Waals surface area contributed by atoms with Gasteiger partial charge in [-0.05, 0) is 0 Å². The van der Waals surface area contributed by atoms with Gasteiger partial charge in [-0.25, -0.2) is 0 Å². The summed E-state index contributed by atoms with van der Waals surface area (Å²) in [5, 5.41) is -3.09. The van der Waals surface area contributed by atoms with Crippen molar-refractivity contribution in [3.8, 4) is 0 Å². The summed E-state index contributed by atoms with van der Waals surface area (Å²) in [5.74, 6) is -4.87. The molecule has 0 fully saturated rings. The first-order valence-electron chi connectivity index (χ1n) is 5.20. The van der Waals surface area contributed by atoms with E-state index in [0.29, 0.717) is 0 Å². The van der Waals surface area contributed by atoms with Crippen LogP contribution in [-0.4, -0.2) is 23.1 Å². The zero-order valence-electron chi connectivity index (χ0n) is 9.90. The molecule has 4 nitrogen and oxygen atoms in total. The molecule has 0 aromatic heterocycles. The number of halogens is 6. The molecule has 0 unspecified atom stereocenters. The summed E-state index contributed by atoms with van der Waals surface area (Å²) in [6, 6.07) is 0. The Morgan fingerprint density at radius 2 is 0.636 bits per heavy atom. The normalized spacial score (nSPS) is 20.8. The van der Waals surface area contributed by atoms with Crippen LogP contribution in [0.3, 0.4) is 0 Å². The Morgan fingerprint density at radius 1 is 0.364 bits per heavy atom. The number of carbonyl (C=O) groups is 4. The number of rotatable bonds is 1. The highest BCUT2D eigenvalue weighted by atomic mass is 35.5. The van der Waals surface area contributed by atoms with Crippen LogP contribution in [0.1, 0.15) is 0 Å². The number of ketones is 4. The van der Waals surface area contributed by atoms with Crippen molar-refractivity contribution in [3.63, 3.8) is 0 Å². The highest BCUT2D eigenvalue weighted by Gasteiger charge is 2.42. The average Bonchev–Trinajstić information content (AvgIpc) is 2.50. The third kappa shape index (κ3) is 2.48. The summed E-state index contributed by atoms with van der Waals surface area (Å²) in [6.07, 6.45) is 0. The van der Waals surface area contributed by atoms with Crippen LogP contribution in [0.4, 0.5) is 0 Å². The van der Waals surface area contributed by atoms with Crippen molar-refractivity contribution in [3.05, 3.63) is 41.3 Å². The van der Waals surface area contributed by atoms with E-state index in [1.165, 1.54) is 0 Å². The van der Waals surface area contributed by atoms with Crippen molar-refractivity contribution in [2.45, 2.75) is 0 Å². The van der Waals surface area contributed by atoms with Crippen molar-refractivity contribution >= 4 is 92.7 Å². The van der Waals surface area contributed by atoms with E-state index in [1.54, 1.807) is 0 Å². The molecule has 0 heterocycles. The smallest absolute Gasteiger partial charge is 0.246 e. The fourth-order valence-corrected chi connectivity index (χ4v) is 3.05. The summed E-state index contributed by atoms with van der Waals surface area (Å²) in [5.41, 5.74) is -1.29. The van der Waals surface area contributed by atoms with Crippen LogP contribution in [0.5, 0.6) is 0 Å². The first-order chi connectivity index (χ1) is 10.1. The van der Waals surface area contributed by atoms with E-state index >= 15 is 0 Å². The Hall–Kier alpha value is -0.620. The lowest BCUT2D eigenvalue weighted by Crippen LogP contribution is -2.30. The number of hydrogen-bond donors (Lipinski definition) is 0. The second-order valence-electron chi connectivity index (χ2n) is 3.95. The van der Waals surface area contributed by atoms with Gasteiger partial charge in [0.05, 0.1) is 31.3 Å². The number of hydrogen-bond acceptors (Lipinski definition) is 4. The minimum atomic E-state index is -1.24. The topological polar surface area (TPSA) is 68.3 Å². The highest BCUT2D eigenvalue weighted by molar-refractivity contribution is 6.72. The van der Waals surface area contributed by atoms with Crippen molar-refractivity contribution in [2.75, 3.05) is 0 Å². The zero-order chi connectivity index (χ0) is 16.9. The maximum Gasteiger partial charge on any atom is 0.246 e. The Kier molecular flexibility index (Phi) is 4.93. The summed E-state index contributed by atoms with van der Waals surface area (Å²) in [7, 11) is 0. The Morgan fingerprint density at radius 3 is 0.909 bits per heavy atom. The average molecular weight is 421 g/mol. The third-order valence-electron chi connectivity index (χ3n) is 2.73. The second kappa shape index (κ2) is 6.11. The van der Waals surface area contributed by atoms with Gasteiger partial charge in [0, 0.05) is 0 Å². The summed E-state index contributed by atoms with van der Waals surface area (Å²) in [4.78, 5) is 47.6. The molecule has 114 valence electrons. The summed E-state index contributed by atoms with van der Waals surface area (Å²) >= 11 is 34.3. The lowest BCUT2D eigenvalue weighted by Gasteiger charge is -2.20. The number of carbonyl (C=O) groups excluding carboxylic acids is 4. The largest absolute Gasteiger partial charge is 0.285 e. The van der Waals surface area contributed by atoms with E-state index in [0.717, 1.165) is 0 Å². The molecular formula is C12Cl6O4. The highest BCUT2D eigenvalue weighted by Crippen LogP contribution is 2.42. The predicted molar refractivity (Wildman–Crippen MR) is 83.2 cm³/mol. The van der Waals surface area contributed by atoms with Gasteiger partial charge in [0.25, 0.3) is 0 Å². The number of Topliss-reactive ketones (excluding diaryl/α,β-unsaturated/α-hetero) is 4. The zero-order valence-corrected chi connectivity index (χ0v) is 14.4. The fraction of sp³-hybridized carbons (Fsp3) is 0. The second-order valence-corrected chi connectivity index (χ2v) is 6.22. The molecule has 10 heteroatoms. The van der Waals surface area contributed by atoms with Crippen molar-refractivity contribution < 1.29 is 19.2 Å². The van der Waals surface area contributed by atoms with Gasteiger partial charge in [-0.2, -0.15) is 0 Å². The molecule has 2 rings (SSSR count). The Balaban J connectivity index is 2.85. The summed E-state index contributed by atoms with van der Waals surface area (Å²) in [6.45, 7) is 0. The molecule has 0 N–H and O–H groups in total. The van der Waals surface area contributed by atoms with Crippen LogP contribution in [0.15, 0.2) is 41.3 Å². The first-order valence-corrected chi connectivity index (χ1v) is 7.47. The first kappa shape index (κ1) is 17.7. The maximum absolute atomic E-state index is 12.1. The molecule has 0 aromatic rings. The molecule has 0 spiro atoms. The van der Waals surface area contributed by atoms with Crippen LogP contribution in [0.2, 0.25) is 0 Å². The van der Waals surface area contributed by atoms with Gasteiger partial charge in [0.1, 0.15) is 10.1 Å². The fourth-order valence-electron chi connectivity index (χ4n) is 1.68. The van der Waals surface area contributed by atoms with Crippen LogP contribution in [-0.2, 0) is 19.2 Å². The lowest BCUT2D eigenvalue weighted by molar-refractivity contribution is -0.133. The monoisotopic (exact) mass is 418 g/mol. The molecule has 2 aliphatic carbocycles. The number of allylic oxidation sites excluding steroid dienone is 8. The van der Waals surface area contributed by atoms with Crippen LogP contribution in [0.25, 0.3) is 0 Å². The van der Waals surface area contributed by atoms with Gasteiger partial charge in [-0.15, -0.1) is 0 Å². The predicted octanol–water partition coefficient (Wildman–Crippen LogP) is 3.65. The van der Waals surface area contributed by atoms with E-state index < -0.39 is 64.5 Å². The molecule has 22 heavy (non-hydrogen) atoms. The summed E-state index contributed by atoms with van der Waals surface area (Å²) < 4.78 is 0. The standard InChI is InChI=1S/C12Cl6O4/c13-3-1(9(19)11(21)7(17)5(3)15)2-4(14)6(16)8(18)12(22)10(2)20. The molecule has 0 aliphatic heterocycles. The third-order valence-corrected chi connectivity index (χ3v) is 5.35. The van der Waals surface area contributed by atoms with Crippen molar-refractivity contribution in [1.82, 2.24) is 0 Å². The van der Waals surface area contributed by atoms with E-state index in [2.05, 4.69) is 0 Å². The van der Waals surface area contributed by atoms with Crippen molar-refractivity contribution in [1.29, 1.82) is 0 Å². The quantitative estimate of drug-likeness (QED) is 0.479. The molecule has 0 aromatic carbocycles. The van der Waals surface area contributed by atoms with E-state index in [9.17, 15) is 19.2 Å². The van der Waals surface area contributed by atoms with Gasteiger partial charge in [-0.3, -0.25) is 19.2 Å². The molecule has 0 saturated heterocycles. The van der Waals surface area contributed by atoms with E-state index in [-0.39, 0.29) is 0 Å². The minimum absolute atomic E-state index is 0.447. The molecular weight excluding hydrogens is 421 g/mol. The minimum Gasteiger partial charge on any atom is -0.285 e. The molecule has 0 saturated carbocycles. The van der Waals surface area contributed by atoms with Gasteiger partial charge >= 0.3 is 0 Å². The van der Waals surface area contributed by atoms with Gasteiger partial charge in [-0.1, -0.05) is 69.6 Å². The van der Waals surface area contributed by atoms with E-state index in [4.69, 9.17) is 69.6 Å². The molecule has 2 aliphatic rings. The van der Waals surface area contributed by atoms with Gasteiger partial charge < -0.3 is 0 Å². The van der Waals surface area contributed by atoms with Gasteiger partial charge in [0.15, 0.2) is 0 Å². The van der Waals surface area contributed by atoms with Gasteiger partial charge in [0.2, 0.25) is 23.1 Å². The SMILES string of the molecule is O=C1C(=O)C(C2=C(Cl)C(Cl)=C(Cl)C(=O)C2=O)=C(Cl)C(Cl)=C1Cl. The van der Waals surface area contributed by atoms with Crippen LogP contribution >= 0.6 is 69.6 Å². The maximum atomic E-state index is 12.1. The molecule has 0 radical (unpaired) electrons. The Bertz CT molecular complexity index is 743. The molecule has 0 amide bonds. The Labute approximate surface area is 152 Å². The van der Waals surface area contributed by atoms with Crippen LogP contribution in [0, 0.1) is 0 Å². The van der Waals surface area contributed by atoms with Crippen LogP contribution < -0.4 is 0 Å². The van der Waals surface area contributed by atoms with Crippen molar-refractivity contribution in [2.24, 2.45) is 0 Å². The lowest BCUT2D eigenvalue weighted by atomic mass is 9.88. The molecule has 0 bridgehead atoms.